The van der Waals surface area contributed by atoms with Gasteiger partial charge in [-0.3, -0.25) is 9.59 Å². The van der Waals surface area contributed by atoms with E-state index in [0.29, 0.717) is 29.8 Å². The van der Waals surface area contributed by atoms with Crippen LogP contribution < -0.4 is 5.56 Å². The van der Waals surface area contributed by atoms with E-state index in [1.807, 2.05) is 0 Å². The summed E-state index contributed by atoms with van der Waals surface area (Å²) in [4.78, 5) is 23.8. The predicted octanol–water partition coefficient (Wildman–Crippen LogP) is 1.89. The van der Waals surface area contributed by atoms with Gasteiger partial charge in [0.25, 0.3) is 5.56 Å². The van der Waals surface area contributed by atoms with E-state index in [2.05, 4.69) is 5.10 Å². The van der Waals surface area contributed by atoms with Gasteiger partial charge in [-0.2, -0.15) is 9.78 Å². The summed E-state index contributed by atoms with van der Waals surface area (Å²) in [5, 5.41) is 4.13. The molecule has 5 heteroatoms. The number of hydrogen-bond donors (Lipinski definition) is 0. The van der Waals surface area contributed by atoms with E-state index in [1.165, 1.54) is 30.3 Å². The summed E-state index contributed by atoms with van der Waals surface area (Å²) >= 11 is 0. The van der Waals surface area contributed by atoms with Crippen LogP contribution in [0.25, 0.3) is 5.69 Å². The summed E-state index contributed by atoms with van der Waals surface area (Å²) in [7, 11) is 0. The summed E-state index contributed by atoms with van der Waals surface area (Å²) in [6.45, 7) is 0. The van der Waals surface area contributed by atoms with Crippen LogP contribution in [0.15, 0.2) is 35.1 Å². The van der Waals surface area contributed by atoms with E-state index in [-0.39, 0.29) is 17.2 Å². The lowest BCUT2D eigenvalue weighted by Crippen LogP contribution is -2.27. The Balaban J connectivity index is 2.17. The molecule has 0 saturated carbocycles. The Morgan fingerprint density at radius 3 is 2.58 bits per heavy atom. The van der Waals surface area contributed by atoms with Crippen molar-refractivity contribution in [1.29, 1.82) is 0 Å². The molecule has 1 aromatic carbocycles. The van der Waals surface area contributed by atoms with Gasteiger partial charge in [-0.15, -0.1) is 0 Å². The minimum atomic E-state index is -0.383. The molecule has 0 amide bonds. The molecule has 0 atom stereocenters. The monoisotopic (exact) mass is 258 g/mol. The van der Waals surface area contributed by atoms with Crippen molar-refractivity contribution in [2.75, 3.05) is 0 Å². The van der Waals surface area contributed by atoms with Crippen LogP contribution in [0.5, 0.6) is 0 Å². The van der Waals surface area contributed by atoms with E-state index in [0.717, 1.165) is 11.1 Å². The van der Waals surface area contributed by atoms with Crippen molar-refractivity contribution in [3.63, 3.8) is 0 Å². The van der Waals surface area contributed by atoms with Gasteiger partial charge in [0.1, 0.15) is 11.5 Å². The SMILES string of the molecule is O=C1CCCc2cc(=O)n(-c3ccc(F)cc3)nc21. The number of Topliss-reactive ketones (excluding diaryl/α,β-unsaturated/α-hetero) is 1. The molecule has 1 aliphatic rings. The zero-order valence-electron chi connectivity index (χ0n) is 10.1. The highest BCUT2D eigenvalue weighted by molar-refractivity contribution is 5.96. The quantitative estimate of drug-likeness (QED) is 0.785. The highest BCUT2D eigenvalue weighted by atomic mass is 19.1. The standard InChI is InChI=1S/C14H11FN2O2/c15-10-4-6-11(7-5-10)17-13(19)8-9-2-1-3-12(18)14(9)16-17/h4-8H,1-3H2. The van der Waals surface area contributed by atoms with E-state index in [4.69, 9.17) is 0 Å². The van der Waals surface area contributed by atoms with E-state index >= 15 is 0 Å². The normalized spacial score (nSPS) is 14.3. The summed E-state index contributed by atoms with van der Waals surface area (Å²) in [5.74, 6) is -0.428. The average Bonchev–Trinajstić information content (AvgIpc) is 2.40. The molecule has 96 valence electrons. The van der Waals surface area contributed by atoms with Crippen LogP contribution in [0, 0.1) is 5.82 Å². The maximum Gasteiger partial charge on any atom is 0.271 e. The van der Waals surface area contributed by atoms with Gasteiger partial charge in [-0.25, -0.2) is 4.39 Å². The third kappa shape index (κ3) is 2.07. The summed E-state index contributed by atoms with van der Waals surface area (Å²) in [6.07, 6.45) is 1.92. The first-order valence-electron chi connectivity index (χ1n) is 6.07. The van der Waals surface area contributed by atoms with Crippen molar-refractivity contribution < 1.29 is 9.18 Å². The fraction of sp³-hybridized carbons (Fsp3) is 0.214. The van der Waals surface area contributed by atoms with Crippen molar-refractivity contribution >= 4 is 5.78 Å². The summed E-state index contributed by atoms with van der Waals surface area (Å²) in [6, 6.07) is 6.88. The molecule has 0 unspecified atom stereocenters. The van der Waals surface area contributed by atoms with Gasteiger partial charge in [0.15, 0.2) is 5.78 Å². The molecule has 19 heavy (non-hydrogen) atoms. The first-order chi connectivity index (χ1) is 9.15. The number of carbonyl (C=O) groups excluding carboxylic acids is 1. The van der Waals surface area contributed by atoms with Gasteiger partial charge in [0.2, 0.25) is 0 Å². The van der Waals surface area contributed by atoms with Gasteiger partial charge >= 0.3 is 0 Å². The second kappa shape index (κ2) is 4.42. The van der Waals surface area contributed by atoms with Gasteiger partial charge in [-0.1, -0.05) is 0 Å². The zero-order valence-corrected chi connectivity index (χ0v) is 10.1. The smallest absolute Gasteiger partial charge is 0.271 e. The number of fused-ring (bicyclic) bond motifs is 1. The van der Waals surface area contributed by atoms with Crippen molar-refractivity contribution in [1.82, 2.24) is 9.78 Å². The lowest BCUT2D eigenvalue weighted by atomic mass is 9.96. The predicted molar refractivity (Wildman–Crippen MR) is 67.1 cm³/mol. The van der Waals surface area contributed by atoms with E-state index in [9.17, 15) is 14.0 Å². The first-order valence-corrected chi connectivity index (χ1v) is 6.07. The topological polar surface area (TPSA) is 52.0 Å². The number of halogens is 1. The Bertz CT molecular complexity index is 704. The Morgan fingerprint density at radius 2 is 1.84 bits per heavy atom. The van der Waals surface area contributed by atoms with Gasteiger partial charge in [-0.05, 0) is 42.7 Å². The van der Waals surface area contributed by atoms with Gasteiger partial charge in [0.05, 0.1) is 5.69 Å². The van der Waals surface area contributed by atoms with Crippen molar-refractivity contribution in [3.8, 4) is 5.69 Å². The number of nitrogens with zero attached hydrogens (tertiary/aromatic N) is 2. The number of ketones is 1. The Morgan fingerprint density at radius 1 is 1.11 bits per heavy atom. The molecular weight excluding hydrogens is 247 g/mol. The molecule has 0 aliphatic heterocycles. The average molecular weight is 258 g/mol. The molecule has 1 aromatic heterocycles. The fourth-order valence-corrected chi connectivity index (χ4v) is 2.24. The fourth-order valence-electron chi connectivity index (χ4n) is 2.24. The largest absolute Gasteiger partial charge is 0.292 e. The van der Waals surface area contributed by atoms with E-state index in [1.54, 1.807) is 0 Å². The van der Waals surface area contributed by atoms with Gasteiger partial charge < -0.3 is 0 Å². The van der Waals surface area contributed by atoms with Crippen LogP contribution in [0.2, 0.25) is 0 Å². The molecule has 0 saturated heterocycles. The summed E-state index contributed by atoms with van der Waals surface area (Å²) in [5.41, 5.74) is 1.21. The lowest BCUT2D eigenvalue weighted by molar-refractivity contribution is 0.0965. The molecule has 0 bridgehead atoms. The maximum absolute atomic E-state index is 12.9. The van der Waals surface area contributed by atoms with Crippen LogP contribution in [-0.4, -0.2) is 15.6 Å². The minimum Gasteiger partial charge on any atom is -0.292 e. The third-order valence-electron chi connectivity index (χ3n) is 3.20. The second-order valence-corrected chi connectivity index (χ2v) is 4.52. The highest BCUT2D eigenvalue weighted by Crippen LogP contribution is 2.18. The molecule has 0 fully saturated rings. The van der Waals surface area contributed by atoms with Crippen molar-refractivity contribution in [2.45, 2.75) is 19.3 Å². The number of aromatic nitrogens is 2. The van der Waals surface area contributed by atoms with E-state index < -0.39 is 0 Å². The molecule has 2 aromatic rings. The molecule has 4 nitrogen and oxygen atoms in total. The first kappa shape index (κ1) is 11.8. The summed E-state index contributed by atoms with van der Waals surface area (Å²) < 4.78 is 14.0. The molecule has 0 spiro atoms. The third-order valence-corrected chi connectivity index (χ3v) is 3.20. The number of aryl methyl sites for hydroxylation is 1. The van der Waals surface area contributed by atoms with Gasteiger partial charge in [0, 0.05) is 12.5 Å². The lowest BCUT2D eigenvalue weighted by Gasteiger charge is -2.14. The number of rotatable bonds is 1. The Kier molecular flexibility index (Phi) is 2.74. The molecule has 3 rings (SSSR count). The molecule has 1 heterocycles. The number of carbonyl (C=O) groups is 1. The molecule has 0 radical (unpaired) electrons. The highest BCUT2D eigenvalue weighted by Gasteiger charge is 2.20. The minimum absolute atomic E-state index is 0.0443. The maximum atomic E-state index is 12.9. The van der Waals surface area contributed by atoms with Crippen molar-refractivity contribution in [2.24, 2.45) is 0 Å². The molecule has 1 aliphatic carbocycles. The zero-order chi connectivity index (χ0) is 13.4. The Labute approximate surface area is 108 Å². The molecule has 0 N–H and O–H groups in total. The van der Waals surface area contributed by atoms with Crippen LogP contribution >= 0.6 is 0 Å². The van der Waals surface area contributed by atoms with Crippen LogP contribution in [0.3, 0.4) is 0 Å². The molecular formula is C14H11FN2O2. The van der Waals surface area contributed by atoms with Crippen molar-refractivity contribution in [3.05, 3.63) is 57.8 Å². The number of hydrogen-bond acceptors (Lipinski definition) is 3. The van der Waals surface area contributed by atoms with Crippen LogP contribution in [0.1, 0.15) is 28.9 Å². The number of benzene rings is 1. The second-order valence-electron chi connectivity index (χ2n) is 4.52. The van der Waals surface area contributed by atoms with Crippen LogP contribution in [0.4, 0.5) is 4.39 Å². The van der Waals surface area contributed by atoms with Crippen LogP contribution in [-0.2, 0) is 6.42 Å². The Hall–Kier alpha value is -2.30.